The van der Waals surface area contributed by atoms with E-state index in [0.29, 0.717) is 0 Å². The highest BCUT2D eigenvalue weighted by Crippen LogP contribution is 2.54. The van der Waals surface area contributed by atoms with Crippen LogP contribution in [0.2, 0.25) is 0 Å². The van der Waals surface area contributed by atoms with Gasteiger partial charge in [0.2, 0.25) is 0 Å². The molecule has 0 radical (unpaired) electrons. The summed E-state index contributed by atoms with van der Waals surface area (Å²) in [6.07, 6.45) is 1.82. The molecule has 2 unspecified atom stereocenters. The molecule has 2 rings (SSSR count). The zero-order valence-electron chi connectivity index (χ0n) is 8.96. The molecule has 1 aromatic rings. The van der Waals surface area contributed by atoms with Crippen LogP contribution in [0.25, 0.3) is 0 Å². The molecule has 0 spiro atoms. The standard InChI is InChI=1S/C12H15BrOS/c1-3-6-12(2)11(14)9-7-8(13)4-5-10(9)15-12/h4-5,7,11,14H,3,6H2,1-2H3. The van der Waals surface area contributed by atoms with Gasteiger partial charge in [-0.25, -0.2) is 0 Å². The predicted octanol–water partition coefficient (Wildman–Crippen LogP) is 4.15. The molecule has 1 aliphatic rings. The lowest BCUT2D eigenvalue weighted by molar-refractivity contribution is 0.135. The van der Waals surface area contributed by atoms with E-state index in [-0.39, 0.29) is 10.9 Å². The number of thioether (sulfide) groups is 1. The average molecular weight is 287 g/mol. The van der Waals surface area contributed by atoms with Crippen molar-refractivity contribution in [3.8, 4) is 0 Å². The Hall–Kier alpha value is 0.01000. The van der Waals surface area contributed by atoms with Crippen molar-refractivity contribution in [1.29, 1.82) is 0 Å². The number of rotatable bonds is 2. The Morgan fingerprint density at radius 3 is 2.93 bits per heavy atom. The van der Waals surface area contributed by atoms with Gasteiger partial charge in [0.05, 0.1) is 6.10 Å². The van der Waals surface area contributed by atoms with Gasteiger partial charge in [0.25, 0.3) is 0 Å². The molecule has 0 saturated heterocycles. The number of aliphatic hydroxyl groups excluding tert-OH is 1. The SMILES string of the molecule is CCCC1(C)Sc2ccc(Br)cc2C1O. The van der Waals surface area contributed by atoms with Gasteiger partial charge >= 0.3 is 0 Å². The first-order chi connectivity index (χ1) is 7.07. The third-order valence-electron chi connectivity index (χ3n) is 2.93. The summed E-state index contributed by atoms with van der Waals surface area (Å²) >= 11 is 5.26. The summed E-state index contributed by atoms with van der Waals surface area (Å²) in [6.45, 7) is 4.32. The molecule has 1 heterocycles. The minimum atomic E-state index is -0.338. The maximum atomic E-state index is 10.3. The van der Waals surface area contributed by atoms with E-state index in [4.69, 9.17) is 0 Å². The van der Waals surface area contributed by atoms with Crippen molar-refractivity contribution in [3.05, 3.63) is 28.2 Å². The van der Waals surface area contributed by atoms with Crippen molar-refractivity contribution in [2.24, 2.45) is 0 Å². The Kier molecular flexibility index (Phi) is 3.15. The van der Waals surface area contributed by atoms with Crippen molar-refractivity contribution >= 4 is 27.7 Å². The summed E-state index contributed by atoms with van der Waals surface area (Å²) in [5.74, 6) is 0. The van der Waals surface area contributed by atoms with Gasteiger partial charge in [-0.2, -0.15) is 0 Å². The van der Waals surface area contributed by atoms with Gasteiger partial charge in [0.1, 0.15) is 0 Å². The van der Waals surface area contributed by atoms with Crippen molar-refractivity contribution < 1.29 is 5.11 Å². The molecule has 0 amide bonds. The summed E-state index contributed by atoms with van der Waals surface area (Å²) in [7, 11) is 0. The minimum absolute atomic E-state index is 0.0438. The van der Waals surface area contributed by atoms with Crippen molar-refractivity contribution in [2.45, 2.75) is 42.4 Å². The molecule has 2 atom stereocenters. The van der Waals surface area contributed by atoms with Gasteiger partial charge in [-0.1, -0.05) is 29.3 Å². The van der Waals surface area contributed by atoms with Gasteiger partial charge in [0, 0.05) is 14.1 Å². The predicted molar refractivity (Wildman–Crippen MR) is 68.3 cm³/mol. The molecule has 0 aromatic heterocycles. The molecule has 3 heteroatoms. The molecule has 0 aliphatic carbocycles. The summed E-state index contributed by atoms with van der Waals surface area (Å²) in [5.41, 5.74) is 1.07. The highest BCUT2D eigenvalue weighted by molar-refractivity contribution is 9.10. The van der Waals surface area contributed by atoms with Crippen LogP contribution >= 0.6 is 27.7 Å². The van der Waals surface area contributed by atoms with E-state index >= 15 is 0 Å². The van der Waals surface area contributed by atoms with Crippen LogP contribution in [0.5, 0.6) is 0 Å². The quantitative estimate of drug-likeness (QED) is 0.882. The Morgan fingerprint density at radius 1 is 1.53 bits per heavy atom. The Bertz CT molecular complexity index is 380. The fourth-order valence-corrected chi connectivity index (χ4v) is 4.00. The average Bonchev–Trinajstić information content (AvgIpc) is 2.42. The van der Waals surface area contributed by atoms with E-state index in [1.807, 2.05) is 23.9 Å². The van der Waals surface area contributed by atoms with Crippen molar-refractivity contribution in [1.82, 2.24) is 0 Å². The number of halogens is 1. The van der Waals surface area contributed by atoms with Crippen LogP contribution in [0.4, 0.5) is 0 Å². The lowest BCUT2D eigenvalue weighted by atomic mass is 9.93. The Balaban J connectivity index is 2.36. The fourth-order valence-electron chi connectivity index (χ4n) is 2.15. The summed E-state index contributed by atoms with van der Waals surface area (Å²) in [6, 6.07) is 6.17. The third kappa shape index (κ3) is 1.97. The molecule has 1 aliphatic heterocycles. The largest absolute Gasteiger partial charge is 0.387 e. The minimum Gasteiger partial charge on any atom is -0.387 e. The van der Waals surface area contributed by atoms with Crippen LogP contribution in [0.15, 0.2) is 27.6 Å². The summed E-state index contributed by atoms with van der Waals surface area (Å²) in [4.78, 5) is 1.22. The van der Waals surface area contributed by atoms with Crippen LogP contribution in [-0.4, -0.2) is 9.85 Å². The lowest BCUT2D eigenvalue weighted by Crippen LogP contribution is -2.24. The van der Waals surface area contributed by atoms with E-state index in [1.165, 1.54) is 4.90 Å². The van der Waals surface area contributed by atoms with Gasteiger partial charge in [-0.05, 0) is 37.1 Å². The number of hydrogen-bond donors (Lipinski definition) is 1. The van der Waals surface area contributed by atoms with Crippen LogP contribution in [-0.2, 0) is 0 Å². The van der Waals surface area contributed by atoms with E-state index in [2.05, 4.69) is 35.8 Å². The highest BCUT2D eigenvalue weighted by Gasteiger charge is 2.41. The van der Waals surface area contributed by atoms with E-state index < -0.39 is 0 Å². The number of aliphatic hydroxyl groups is 1. The molecule has 1 nitrogen and oxygen atoms in total. The molecule has 1 N–H and O–H groups in total. The molecular weight excluding hydrogens is 272 g/mol. The highest BCUT2D eigenvalue weighted by atomic mass is 79.9. The molecule has 0 bridgehead atoms. The van der Waals surface area contributed by atoms with E-state index in [1.54, 1.807) is 0 Å². The first-order valence-electron chi connectivity index (χ1n) is 5.23. The van der Waals surface area contributed by atoms with Crippen molar-refractivity contribution in [2.75, 3.05) is 0 Å². The van der Waals surface area contributed by atoms with Gasteiger partial charge in [-0.15, -0.1) is 11.8 Å². The smallest absolute Gasteiger partial charge is 0.0948 e. The van der Waals surface area contributed by atoms with E-state index in [0.717, 1.165) is 22.9 Å². The van der Waals surface area contributed by atoms with Gasteiger partial charge < -0.3 is 5.11 Å². The zero-order chi connectivity index (χ0) is 11.1. The van der Waals surface area contributed by atoms with Crippen LogP contribution < -0.4 is 0 Å². The molecular formula is C12H15BrOS. The van der Waals surface area contributed by atoms with Crippen LogP contribution in [0.3, 0.4) is 0 Å². The number of fused-ring (bicyclic) bond motifs is 1. The number of benzene rings is 1. The van der Waals surface area contributed by atoms with Gasteiger partial charge in [0.15, 0.2) is 0 Å². The fraction of sp³-hybridized carbons (Fsp3) is 0.500. The monoisotopic (exact) mass is 286 g/mol. The van der Waals surface area contributed by atoms with Crippen molar-refractivity contribution in [3.63, 3.8) is 0 Å². The lowest BCUT2D eigenvalue weighted by Gasteiger charge is -2.26. The van der Waals surface area contributed by atoms with Crippen LogP contribution in [0, 0.1) is 0 Å². The first-order valence-corrected chi connectivity index (χ1v) is 6.84. The molecule has 0 saturated carbocycles. The molecule has 1 aromatic carbocycles. The molecule has 82 valence electrons. The Morgan fingerprint density at radius 2 is 2.27 bits per heavy atom. The second-order valence-corrected chi connectivity index (χ2v) is 6.74. The second kappa shape index (κ2) is 4.11. The van der Waals surface area contributed by atoms with Crippen LogP contribution in [0.1, 0.15) is 38.4 Å². The maximum absolute atomic E-state index is 10.3. The first kappa shape index (κ1) is 11.5. The Labute approximate surface area is 103 Å². The summed E-state index contributed by atoms with van der Waals surface area (Å²) < 4.78 is 0.999. The van der Waals surface area contributed by atoms with Gasteiger partial charge in [-0.3, -0.25) is 0 Å². The maximum Gasteiger partial charge on any atom is 0.0948 e. The zero-order valence-corrected chi connectivity index (χ0v) is 11.4. The second-order valence-electron chi connectivity index (χ2n) is 4.25. The molecule has 15 heavy (non-hydrogen) atoms. The topological polar surface area (TPSA) is 20.2 Å². The van der Waals surface area contributed by atoms with E-state index in [9.17, 15) is 5.11 Å². The molecule has 0 fully saturated rings. The number of hydrogen-bond acceptors (Lipinski definition) is 2. The normalized spacial score (nSPS) is 29.2. The third-order valence-corrected chi connectivity index (χ3v) is 4.91. The summed E-state index contributed by atoms with van der Waals surface area (Å²) in [5, 5.41) is 10.3.